The molecule has 3 N–H and O–H groups in total. The van der Waals surface area contributed by atoms with E-state index in [1.165, 1.54) is 11.8 Å². The van der Waals surface area contributed by atoms with Crippen LogP contribution in [0, 0.1) is 0 Å². The molecule has 8 nitrogen and oxygen atoms in total. The fraction of sp³-hybridized carbons (Fsp3) is 0.100. The van der Waals surface area contributed by atoms with Crippen molar-refractivity contribution in [2.24, 2.45) is 0 Å². The largest absolute Gasteiger partial charge is 0.464 e. The number of nitrogens with two attached hydrogens (primary N) is 1. The number of esters is 1. The lowest BCUT2D eigenvalue weighted by Gasteiger charge is -2.28. The number of ketones is 1. The number of ether oxygens (including phenoxy) is 1. The summed E-state index contributed by atoms with van der Waals surface area (Å²) in [6.45, 7) is 0. The van der Waals surface area contributed by atoms with Gasteiger partial charge in [-0.15, -0.1) is 5.10 Å². The lowest BCUT2D eigenvalue weighted by molar-refractivity contribution is -0.136. The summed E-state index contributed by atoms with van der Waals surface area (Å²) in [5, 5.41) is 7.10. The summed E-state index contributed by atoms with van der Waals surface area (Å²) >= 11 is 0. The van der Waals surface area contributed by atoms with E-state index in [4.69, 9.17) is 10.5 Å². The van der Waals surface area contributed by atoms with Gasteiger partial charge in [0.2, 0.25) is 11.9 Å². The van der Waals surface area contributed by atoms with Crippen molar-refractivity contribution in [2.75, 3.05) is 18.2 Å². The molecular formula is C20H17N5O3. The number of aromatic nitrogens is 3. The Hall–Kier alpha value is -3.94. The number of methoxy groups -OCH3 is 1. The van der Waals surface area contributed by atoms with Crippen LogP contribution in [0.5, 0.6) is 0 Å². The third-order valence-corrected chi connectivity index (χ3v) is 4.46. The third-order valence-electron chi connectivity index (χ3n) is 4.46. The van der Waals surface area contributed by atoms with E-state index < -0.39 is 12.0 Å². The fourth-order valence-electron chi connectivity index (χ4n) is 3.23. The minimum atomic E-state index is -0.691. The van der Waals surface area contributed by atoms with Gasteiger partial charge in [-0.1, -0.05) is 60.7 Å². The Labute approximate surface area is 160 Å². The fourth-order valence-corrected chi connectivity index (χ4v) is 3.23. The summed E-state index contributed by atoms with van der Waals surface area (Å²) in [7, 11) is 1.26. The molecule has 1 atom stereocenters. The molecule has 1 aromatic heterocycles. The highest BCUT2D eigenvalue weighted by Gasteiger charge is 2.38. The number of hydrogen-bond acceptors (Lipinski definition) is 7. The van der Waals surface area contributed by atoms with Crippen LogP contribution in [-0.2, 0) is 9.53 Å². The molecule has 0 bridgehead atoms. The number of carbonyl (C=O) groups is 2. The SMILES string of the molecule is COC(=O)C1=C(C(=O)c2ccccc2)C(c2ccccc2)n2nc(N)nc2N1. The molecule has 0 saturated heterocycles. The van der Waals surface area contributed by atoms with Gasteiger partial charge in [-0.2, -0.15) is 4.98 Å². The van der Waals surface area contributed by atoms with Crippen LogP contribution in [-0.4, -0.2) is 33.6 Å². The number of nitrogens with zero attached hydrogens (tertiary/aromatic N) is 3. The van der Waals surface area contributed by atoms with Gasteiger partial charge in [0, 0.05) is 5.56 Å². The normalized spacial score (nSPS) is 15.5. The van der Waals surface area contributed by atoms with E-state index in [1.54, 1.807) is 24.3 Å². The number of carbonyl (C=O) groups excluding carboxylic acids is 2. The van der Waals surface area contributed by atoms with Gasteiger partial charge in [-0.25, -0.2) is 9.48 Å². The zero-order valence-electron chi connectivity index (χ0n) is 15.0. The van der Waals surface area contributed by atoms with Crippen LogP contribution in [0.2, 0.25) is 0 Å². The number of fused-ring (bicyclic) bond motifs is 1. The molecule has 1 unspecified atom stereocenters. The van der Waals surface area contributed by atoms with Crippen LogP contribution in [0.4, 0.5) is 11.9 Å². The van der Waals surface area contributed by atoms with Crippen molar-refractivity contribution in [1.82, 2.24) is 14.8 Å². The van der Waals surface area contributed by atoms with E-state index in [0.29, 0.717) is 5.56 Å². The van der Waals surface area contributed by atoms with Gasteiger partial charge in [0.15, 0.2) is 5.78 Å². The van der Waals surface area contributed by atoms with Crippen molar-refractivity contribution in [1.29, 1.82) is 0 Å². The first-order chi connectivity index (χ1) is 13.6. The maximum absolute atomic E-state index is 13.4. The highest BCUT2D eigenvalue weighted by molar-refractivity contribution is 6.14. The first-order valence-corrected chi connectivity index (χ1v) is 8.56. The molecule has 1 aliphatic rings. The van der Waals surface area contributed by atoms with Gasteiger partial charge < -0.3 is 15.8 Å². The molecule has 0 aliphatic carbocycles. The molecule has 28 heavy (non-hydrogen) atoms. The Bertz CT molecular complexity index is 1070. The monoisotopic (exact) mass is 375 g/mol. The van der Waals surface area contributed by atoms with Gasteiger partial charge in [-0.05, 0) is 5.56 Å². The van der Waals surface area contributed by atoms with Gasteiger partial charge in [0.25, 0.3) is 0 Å². The minimum absolute atomic E-state index is 0.0186. The highest BCUT2D eigenvalue weighted by Crippen LogP contribution is 2.37. The van der Waals surface area contributed by atoms with Crippen LogP contribution < -0.4 is 11.1 Å². The molecule has 0 saturated carbocycles. The quantitative estimate of drug-likeness (QED) is 0.531. The molecule has 0 spiro atoms. The van der Waals surface area contributed by atoms with Gasteiger partial charge in [0.1, 0.15) is 11.7 Å². The van der Waals surface area contributed by atoms with Gasteiger partial charge >= 0.3 is 5.97 Å². The standard InChI is InChI=1S/C20H17N5O3/c1-28-18(27)15-14(17(26)13-10-6-3-7-11-13)16(12-8-4-2-5-9-12)25-20(22-15)23-19(21)24-25/h2-11,16H,1H3,(H3,21,22,23,24). The van der Waals surface area contributed by atoms with E-state index in [2.05, 4.69) is 15.4 Å². The molecule has 0 fully saturated rings. The smallest absolute Gasteiger partial charge is 0.355 e. The number of benzene rings is 2. The van der Waals surface area contributed by atoms with Gasteiger partial charge in [0.05, 0.1) is 12.7 Å². The maximum atomic E-state index is 13.4. The van der Waals surface area contributed by atoms with E-state index in [1.807, 2.05) is 36.4 Å². The summed E-state index contributed by atoms with van der Waals surface area (Å²) in [6, 6.07) is 17.3. The molecule has 4 rings (SSSR count). The zero-order chi connectivity index (χ0) is 19.7. The molecule has 2 heterocycles. The van der Waals surface area contributed by atoms with Crippen LogP contribution in [0.15, 0.2) is 71.9 Å². The summed E-state index contributed by atoms with van der Waals surface area (Å²) in [5.41, 5.74) is 7.21. The van der Waals surface area contributed by atoms with Crippen molar-refractivity contribution in [2.45, 2.75) is 6.04 Å². The number of hydrogen-bond donors (Lipinski definition) is 2. The van der Waals surface area contributed by atoms with Crippen molar-refractivity contribution >= 4 is 23.6 Å². The average Bonchev–Trinajstić information content (AvgIpc) is 3.12. The van der Waals surface area contributed by atoms with Crippen molar-refractivity contribution in [3.8, 4) is 0 Å². The second-order valence-corrected chi connectivity index (χ2v) is 6.15. The summed E-state index contributed by atoms with van der Waals surface area (Å²) in [6.07, 6.45) is 0. The first kappa shape index (κ1) is 17.5. The first-order valence-electron chi connectivity index (χ1n) is 8.56. The number of allylic oxidation sites excluding steroid dienone is 1. The summed E-state index contributed by atoms with van der Waals surface area (Å²) in [4.78, 5) is 30.1. The van der Waals surface area contributed by atoms with E-state index >= 15 is 0 Å². The maximum Gasteiger partial charge on any atom is 0.355 e. The number of anilines is 2. The van der Waals surface area contributed by atoms with Gasteiger partial charge in [-0.3, -0.25) is 4.79 Å². The van der Waals surface area contributed by atoms with E-state index in [0.717, 1.165) is 5.56 Å². The molecule has 0 radical (unpaired) electrons. The minimum Gasteiger partial charge on any atom is -0.464 e. The third kappa shape index (κ3) is 2.90. The average molecular weight is 375 g/mol. The predicted octanol–water partition coefficient (Wildman–Crippen LogP) is 2.19. The summed E-state index contributed by atoms with van der Waals surface area (Å²) < 4.78 is 6.42. The van der Waals surface area contributed by atoms with Crippen LogP contribution >= 0.6 is 0 Å². The predicted molar refractivity (Wildman–Crippen MR) is 102 cm³/mol. The molecule has 0 amide bonds. The molecule has 3 aromatic rings. The second-order valence-electron chi connectivity index (χ2n) is 6.15. The number of rotatable bonds is 4. The molecule has 140 valence electrons. The van der Waals surface area contributed by atoms with Crippen LogP contribution in [0.25, 0.3) is 0 Å². The number of nitrogens with one attached hydrogen (secondary N) is 1. The Morgan fingerprint density at radius 3 is 2.36 bits per heavy atom. The van der Waals surface area contributed by atoms with E-state index in [-0.39, 0.29) is 29.0 Å². The zero-order valence-corrected chi connectivity index (χ0v) is 15.0. The van der Waals surface area contributed by atoms with Crippen molar-refractivity contribution in [3.05, 3.63) is 83.1 Å². The molecule has 1 aliphatic heterocycles. The van der Waals surface area contributed by atoms with Crippen LogP contribution in [0.3, 0.4) is 0 Å². The Balaban J connectivity index is 1.97. The van der Waals surface area contributed by atoms with Crippen LogP contribution in [0.1, 0.15) is 22.0 Å². The second kappa shape index (κ2) is 6.99. The number of nitrogen functional groups attached to an aromatic ring is 1. The Morgan fingerprint density at radius 2 is 1.71 bits per heavy atom. The lowest BCUT2D eigenvalue weighted by atomic mass is 9.89. The molecule has 8 heteroatoms. The lowest BCUT2D eigenvalue weighted by Crippen LogP contribution is -2.32. The Kier molecular flexibility index (Phi) is 4.36. The molecule has 2 aromatic carbocycles. The highest BCUT2D eigenvalue weighted by atomic mass is 16.5. The van der Waals surface area contributed by atoms with Crippen molar-refractivity contribution < 1.29 is 14.3 Å². The molecular weight excluding hydrogens is 358 g/mol. The topological polar surface area (TPSA) is 112 Å². The number of Topliss-reactive ketones (excluding diaryl/α,β-unsaturated/α-hetero) is 1. The van der Waals surface area contributed by atoms with Crippen molar-refractivity contribution in [3.63, 3.8) is 0 Å². The summed E-state index contributed by atoms with van der Waals surface area (Å²) in [5.74, 6) is -0.701. The van der Waals surface area contributed by atoms with E-state index in [9.17, 15) is 9.59 Å². The Morgan fingerprint density at radius 1 is 1.07 bits per heavy atom.